The zero-order valence-corrected chi connectivity index (χ0v) is 7.50. The molecule has 1 aromatic rings. The molecule has 0 atom stereocenters. The first-order valence-electron chi connectivity index (χ1n) is 3.64. The van der Waals surface area contributed by atoms with Gasteiger partial charge in [0, 0.05) is 13.2 Å². The van der Waals surface area contributed by atoms with E-state index in [9.17, 15) is 0 Å². The van der Waals surface area contributed by atoms with Gasteiger partial charge in [-0.2, -0.15) is 14.7 Å². The van der Waals surface area contributed by atoms with Gasteiger partial charge in [-0.1, -0.05) is 6.92 Å². The summed E-state index contributed by atoms with van der Waals surface area (Å²) in [5.41, 5.74) is 2.50. The molecule has 0 radical (unpaired) electrons. The molecule has 0 aromatic carbocycles. The fourth-order valence-corrected chi connectivity index (χ4v) is 0.996. The zero-order chi connectivity index (χ0) is 9.56. The van der Waals surface area contributed by atoms with Crippen LogP contribution in [-0.4, -0.2) is 15.9 Å². The second-order valence-electron chi connectivity index (χ2n) is 2.35. The molecule has 12 heavy (non-hydrogen) atoms. The van der Waals surface area contributed by atoms with Crippen molar-refractivity contribution in [3.63, 3.8) is 0 Å². The van der Waals surface area contributed by atoms with Crippen LogP contribution in [0.5, 0.6) is 0 Å². The van der Waals surface area contributed by atoms with Crippen LogP contribution in [0, 0.1) is 6.92 Å². The predicted molar refractivity (Wildman–Crippen MR) is 42.3 cm³/mol. The van der Waals surface area contributed by atoms with E-state index in [1.165, 1.54) is 5.56 Å². The Morgan fingerprint density at radius 2 is 2.08 bits per heavy atom. The first-order chi connectivity index (χ1) is 5.65. The van der Waals surface area contributed by atoms with Crippen LogP contribution >= 0.6 is 0 Å². The van der Waals surface area contributed by atoms with E-state index in [0.717, 1.165) is 12.1 Å². The third-order valence-corrected chi connectivity index (χ3v) is 1.50. The van der Waals surface area contributed by atoms with Gasteiger partial charge >= 0.3 is 6.15 Å². The van der Waals surface area contributed by atoms with Crippen LogP contribution in [0.1, 0.15) is 18.2 Å². The van der Waals surface area contributed by atoms with E-state index in [1.807, 2.05) is 18.7 Å². The summed E-state index contributed by atoms with van der Waals surface area (Å²) in [7, 11) is 1.95. The summed E-state index contributed by atoms with van der Waals surface area (Å²) >= 11 is 0. The Bertz CT molecular complexity index is 273. The van der Waals surface area contributed by atoms with Gasteiger partial charge in [-0.05, 0) is 18.9 Å². The molecule has 0 aliphatic heterocycles. The standard InChI is InChI=1S/C7H12N2.CO2/c1-4-7-5-9(3)8-6(7)2;2-1-3/h5H,4H2,1-3H3;. The highest BCUT2D eigenvalue weighted by molar-refractivity contribution is 5.20. The Labute approximate surface area is 71.2 Å². The lowest BCUT2D eigenvalue weighted by molar-refractivity contribution is -0.191. The van der Waals surface area contributed by atoms with Crippen molar-refractivity contribution in [2.75, 3.05) is 0 Å². The van der Waals surface area contributed by atoms with Crippen molar-refractivity contribution >= 4 is 6.15 Å². The molecule has 0 aliphatic carbocycles. The number of aromatic nitrogens is 2. The second-order valence-corrected chi connectivity index (χ2v) is 2.35. The van der Waals surface area contributed by atoms with Crippen molar-refractivity contribution in [1.82, 2.24) is 9.78 Å². The van der Waals surface area contributed by atoms with Crippen LogP contribution in [0.15, 0.2) is 6.20 Å². The monoisotopic (exact) mass is 168 g/mol. The maximum absolute atomic E-state index is 8.12. The van der Waals surface area contributed by atoms with Crippen LogP contribution in [0.3, 0.4) is 0 Å². The highest BCUT2D eigenvalue weighted by Gasteiger charge is 1.97. The average Bonchev–Trinajstić information content (AvgIpc) is 2.31. The Hall–Kier alpha value is -1.41. The van der Waals surface area contributed by atoms with Gasteiger partial charge in [0.1, 0.15) is 0 Å². The normalized spacial score (nSPS) is 8.25. The Balaban J connectivity index is 0.000000354. The number of hydrogen-bond acceptors (Lipinski definition) is 3. The quantitative estimate of drug-likeness (QED) is 0.620. The molecule has 1 heterocycles. The van der Waals surface area contributed by atoms with Gasteiger partial charge in [-0.25, -0.2) is 0 Å². The summed E-state index contributed by atoms with van der Waals surface area (Å²) in [5, 5.41) is 4.20. The summed E-state index contributed by atoms with van der Waals surface area (Å²) in [5.74, 6) is 0. The van der Waals surface area contributed by atoms with Crippen molar-refractivity contribution in [2.45, 2.75) is 20.3 Å². The molecule has 0 unspecified atom stereocenters. The van der Waals surface area contributed by atoms with E-state index in [1.54, 1.807) is 0 Å². The van der Waals surface area contributed by atoms with Crippen molar-refractivity contribution in [1.29, 1.82) is 0 Å². The number of rotatable bonds is 1. The van der Waals surface area contributed by atoms with Crippen LogP contribution < -0.4 is 0 Å². The average molecular weight is 168 g/mol. The van der Waals surface area contributed by atoms with E-state index in [-0.39, 0.29) is 6.15 Å². The van der Waals surface area contributed by atoms with Gasteiger partial charge in [-0.15, -0.1) is 0 Å². The SMILES string of the molecule is CCc1cn(C)nc1C.O=C=O. The van der Waals surface area contributed by atoms with Crippen LogP contribution in [-0.2, 0) is 23.1 Å². The maximum atomic E-state index is 8.12. The Kier molecular flexibility index (Phi) is 4.65. The molecule has 0 saturated carbocycles. The van der Waals surface area contributed by atoms with Crippen LogP contribution in [0.4, 0.5) is 0 Å². The molecular weight excluding hydrogens is 156 g/mol. The van der Waals surface area contributed by atoms with Crippen LogP contribution in [0.25, 0.3) is 0 Å². The molecule has 0 spiro atoms. The molecule has 1 rings (SSSR count). The predicted octanol–water partition coefficient (Wildman–Crippen LogP) is 0.707. The summed E-state index contributed by atoms with van der Waals surface area (Å²) in [6.45, 7) is 4.18. The molecule has 0 saturated heterocycles. The molecule has 4 nitrogen and oxygen atoms in total. The minimum absolute atomic E-state index is 0.250. The van der Waals surface area contributed by atoms with Gasteiger partial charge in [0.05, 0.1) is 5.69 Å². The van der Waals surface area contributed by atoms with E-state index < -0.39 is 0 Å². The van der Waals surface area contributed by atoms with E-state index in [2.05, 4.69) is 18.2 Å². The highest BCUT2D eigenvalue weighted by atomic mass is 16.2. The maximum Gasteiger partial charge on any atom is 0.373 e. The Morgan fingerprint density at radius 1 is 1.58 bits per heavy atom. The first-order valence-corrected chi connectivity index (χ1v) is 3.64. The van der Waals surface area contributed by atoms with Gasteiger partial charge in [0.2, 0.25) is 0 Å². The molecule has 0 amide bonds. The summed E-state index contributed by atoms with van der Waals surface area (Å²) in [4.78, 5) is 16.2. The third-order valence-electron chi connectivity index (χ3n) is 1.50. The van der Waals surface area contributed by atoms with E-state index in [0.29, 0.717) is 0 Å². The zero-order valence-electron chi connectivity index (χ0n) is 7.50. The fraction of sp³-hybridized carbons (Fsp3) is 0.500. The minimum Gasteiger partial charge on any atom is -0.275 e. The number of hydrogen-bond donors (Lipinski definition) is 0. The highest BCUT2D eigenvalue weighted by Crippen LogP contribution is 2.03. The largest absolute Gasteiger partial charge is 0.373 e. The topological polar surface area (TPSA) is 52.0 Å². The summed E-state index contributed by atoms with van der Waals surface area (Å²) in [6.07, 6.45) is 3.40. The van der Waals surface area contributed by atoms with E-state index >= 15 is 0 Å². The van der Waals surface area contributed by atoms with Crippen LogP contribution in [0.2, 0.25) is 0 Å². The molecule has 0 fully saturated rings. The molecular formula is C8H12N2O2. The van der Waals surface area contributed by atoms with Crippen molar-refractivity contribution < 1.29 is 9.59 Å². The molecule has 66 valence electrons. The fourth-order valence-electron chi connectivity index (χ4n) is 0.996. The third kappa shape index (κ3) is 3.12. The second kappa shape index (κ2) is 5.27. The lowest BCUT2D eigenvalue weighted by atomic mass is 10.2. The first kappa shape index (κ1) is 10.6. The van der Waals surface area contributed by atoms with Gasteiger partial charge in [0.25, 0.3) is 0 Å². The smallest absolute Gasteiger partial charge is 0.275 e. The lowest BCUT2D eigenvalue weighted by Crippen LogP contribution is -1.86. The molecule has 4 heteroatoms. The number of aryl methyl sites for hydroxylation is 3. The van der Waals surface area contributed by atoms with Crippen molar-refractivity contribution in [2.24, 2.45) is 7.05 Å². The van der Waals surface area contributed by atoms with Crippen molar-refractivity contribution in [3.05, 3.63) is 17.5 Å². The van der Waals surface area contributed by atoms with Crippen molar-refractivity contribution in [3.8, 4) is 0 Å². The lowest BCUT2D eigenvalue weighted by Gasteiger charge is -1.85. The molecule has 0 aliphatic rings. The Morgan fingerprint density at radius 3 is 2.25 bits per heavy atom. The summed E-state index contributed by atoms with van der Waals surface area (Å²) in [6, 6.07) is 0. The molecule has 0 N–H and O–H groups in total. The number of nitrogens with zero attached hydrogens (tertiary/aromatic N) is 2. The van der Waals surface area contributed by atoms with Gasteiger partial charge in [0.15, 0.2) is 0 Å². The van der Waals surface area contributed by atoms with E-state index in [4.69, 9.17) is 9.59 Å². The molecule has 1 aromatic heterocycles. The molecule has 0 bridgehead atoms. The van der Waals surface area contributed by atoms with Gasteiger partial charge in [-0.3, -0.25) is 4.68 Å². The minimum atomic E-state index is 0.250. The summed E-state index contributed by atoms with van der Waals surface area (Å²) < 4.78 is 1.86. The number of carbonyl (C=O) groups excluding carboxylic acids is 2. The van der Waals surface area contributed by atoms with Gasteiger partial charge < -0.3 is 0 Å².